The minimum atomic E-state index is -0.00788. The molecule has 0 aromatic carbocycles. The fourth-order valence-corrected chi connectivity index (χ4v) is 0.627. The lowest BCUT2D eigenvalue weighted by Gasteiger charge is -2.01. The Balaban J connectivity index is 0. The Hall–Kier alpha value is -0.710. The van der Waals surface area contributed by atoms with Crippen LogP contribution in [0.3, 0.4) is 0 Å². The van der Waals surface area contributed by atoms with Crippen LogP contribution in [0.25, 0.3) is 0 Å². The predicted octanol–water partition coefficient (Wildman–Crippen LogP) is 0.878. The molecule has 76 valence electrons. The van der Waals surface area contributed by atoms with E-state index in [4.69, 9.17) is 15.6 Å². The van der Waals surface area contributed by atoms with Crippen LogP contribution in [-0.4, -0.2) is 23.3 Å². The van der Waals surface area contributed by atoms with Crippen molar-refractivity contribution in [1.82, 2.24) is 4.98 Å². The van der Waals surface area contributed by atoms with Gasteiger partial charge in [-0.05, 0) is 6.07 Å². The van der Waals surface area contributed by atoms with Crippen molar-refractivity contribution < 1.29 is 9.84 Å². The highest BCUT2D eigenvalue weighted by molar-refractivity contribution is 5.85. The SMILES string of the molecule is Cl.Cl.Nc1ccc(OCCO)nc1. The number of aliphatic hydroxyl groups excluding tert-OH is 1. The van der Waals surface area contributed by atoms with Gasteiger partial charge in [0, 0.05) is 6.07 Å². The lowest BCUT2D eigenvalue weighted by atomic mass is 10.4. The van der Waals surface area contributed by atoms with Crippen LogP contribution in [0.15, 0.2) is 18.3 Å². The number of rotatable bonds is 3. The molecule has 1 aromatic heterocycles. The zero-order valence-corrected chi connectivity index (χ0v) is 8.48. The second kappa shape index (κ2) is 7.91. The van der Waals surface area contributed by atoms with Gasteiger partial charge < -0.3 is 15.6 Å². The average molecular weight is 227 g/mol. The largest absolute Gasteiger partial charge is 0.475 e. The maximum absolute atomic E-state index is 8.40. The number of anilines is 1. The summed E-state index contributed by atoms with van der Waals surface area (Å²) in [5, 5.41) is 8.40. The Kier molecular flexibility index (Phi) is 9.01. The summed E-state index contributed by atoms with van der Waals surface area (Å²) in [5.74, 6) is 0.480. The van der Waals surface area contributed by atoms with Crippen molar-refractivity contribution in [3.8, 4) is 5.88 Å². The minimum Gasteiger partial charge on any atom is -0.475 e. The molecule has 1 heterocycles. The summed E-state index contributed by atoms with van der Waals surface area (Å²) in [7, 11) is 0. The number of hydrogen-bond donors (Lipinski definition) is 2. The fourth-order valence-electron chi connectivity index (χ4n) is 0.627. The van der Waals surface area contributed by atoms with E-state index in [-0.39, 0.29) is 38.0 Å². The molecule has 13 heavy (non-hydrogen) atoms. The van der Waals surface area contributed by atoms with Crippen LogP contribution in [0.2, 0.25) is 0 Å². The summed E-state index contributed by atoms with van der Waals surface area (Å²) in [6, 6.07) is 3.35. The molecular formula is C7H12Cl2N2O2. The van der Waals surface area contributed by atoms with Gasteiger partial charge in [0.25, 0.3) is 0 Å². The molecule has 0 saturated carbocycles. The van der Waals surface area contributed by atoms with E-state index < -0.39 is 0 Å². The van der Waals surface area contributed by atoms with E-state index in [0.29, 0.717) is 11.6 Å². The first kappa shape index (κ1) is 14.8. The van der Waals surface area contributed by atoms with Gasteiger partial charge in [-0.25, -0.2) is 4.98 Å². The number of nitrogens with zero attached hydrogens (tertiary/aromatic N) is 1. The highest BCUT2D eigenvalue weighted by atomic mass is 35.5. The summed E-state index contributed by atoms with van der Waals surface area (Å²) in [6.45, 7) is 0.253. The van der Waals surface area contributed by atoms with E-state index >= 15 is 0 Å². The Labute approximate surface area is 88.9 Å². The summed E-state index contributed by atoms with van der Waals surface area (Å²) in [6.07, 6.45) is 1.51. The minimum absolute atomic E-state index is 0. The molecule has 1 aromatic rings. The Morgan fingerprint density at radius 2 is 2.08 bits per heavy atom. The predicted molar refractivity (Wildman–Crippen MR) is 55.7 cm³/mol. The van der Waals surface area contributed by atoms with Gasteiger partial charge in [-0.2, -0.15) is 0 Å². The monoisotopic (exact) mass is 226 g/mol. The van der Waals surface area contributed by atoms with E-state index in [1.807, 2.05) is 0 Å². The van der Waals surface area contributed by atoms with Crippen LogP contribution in [-0.2, 0) is 0 Å². The lowest BCUT2D eigenvalue weighted by molar-refractivity contribution is 0.197. The van der Waals surface area contributed by atoms with Crippen LogP contribution in [0.5, 0.6) is 5.88 Å². The number of aliphatic hydroxyl groups is 1. The smallest absolute Gasteiger partial charge is 0.213 e. The summed E-state index contributed by atoms with van der Waals surface area (Å²) < 4.78 is 4.99. The van der Waals surface area contributed by atoms with Crippen molar-refractivity contribution in [3.63, 3.8) is 0 Å². The van der Waals surface area contributed by atoms with Gasteiger partial charge in [-0.3, -0.25) is 0 Å². The van der Waals surface area contributed by atoms with Crippen molar-refractivity contribution in [3.05, 3.63) is 18.3 Å². The molecule has 0 saturated heterocycles. The Morgan fingerprint density at radius 1 is 1.38 bits per heavy atom. The van der Waals surface area contributed by atoms with Crippen molar-refractivity contribution in [2.24, 2.45) is 0 Å². The molecule has 0 fully saturated rings. The number of aromatic nitrogens is 1. The standard InChI is InChI=1S/C7H10N2O2.2ClH/c8-6-1-2-7(9-5-6)11-4-3-10;;/h1-2,5,10H,3-4,8H2;2*1H. The summed E-state index contributed by atoms with van der Waals surface area (Å²) in [4.78, 5) is 3.86. The maximum atomic E-state index is 8.40. The van der Waals surface area contributed by atoms with E-state index in [2.05, 4.69) is 4.98 Å². The number of ether oxygens (including phenoxy) is 1. The third-order valence-electron chi connectivity index (χ3n) is 1.10. The van der Waals surface area contributed by atoms with Crippen LogP contribution in [0.4, 0.5) is 5.69 Å². The first-order valence-electron chi connectivity index (χ1n) is 3.28. The molecule has 0 aliphatic carbocycles. The normalized spacial score (nSPS) is 8.08. The van der Waals surface area contributed by atoms with Gasteiger partial charge in [-0.15, -0.1) is 24.8 Å². The third-order valence-corrected chi connectivity index (χ3v) is 1.10. The van der Waals surface area contributed by atoms with Crippen LogP contribution in [0.1, 0.15) is 0 Å². The van der Waals surface area contributed by atoms with E-state index in [0.717, 1.165) is 0 Å². The molecule has 0 aliphatic rings. The maximum Gasteiger partial charge on any atom is 0.213 e. The van der Waals surface area contributed by atoms with Gasteiger partial charge in [0.05, 0.1) is 18.5 Å². The van der Waals surface area contributed by atoms with Gasteiger partial charge in [-0.1, -0.05) is 0 Å². The molecule has 1 rings (SSSR count). The van der Waals surface area contributed by atoms with Gasteiger partial charge in [0.2, 0.25) is 5.88 Å². The van der Waals surface area contributed by atoms with Gasteiger partial charge in [0.15, 0.2) is 0 Å². The molecule has 0 atom stereocenters. The summed E-state index contributed by atoms with van der Waals surface area (Å²) >= 11 is 0. The second-order valence-corrected chi connectivity index (χ2v) is 2.00. The fraction of sp³-hybridized carbons (Fsp3) is 0.286. The molecule has 0 aliphatic heterocycles. The highest BCUT2D eigenvalue weighted by Gasteiger charge is 1.92. The summed E-state index contributed by atoms with van der Waals surface area (Å²) in [5.41, 5.74) is 5.99. The zero-order chi connectivity index (χ0) is 8.10. The number of nitrogens with two attached hydrogens (primary N) is 1. The van der Waals surface area contributed by atoms with Crippen LogP contribution >= 0.6 is 24.8 Å². The van der Waals surface area contributed by atoms with Gasteiger partial charge >= 0.3 is 0 Å². The number of hydrogen-bond acceptors (Lipinski definition) is 4. The number of halogens is 2. The second-order valence-electron chi connectivity index (χ2n) is 2.00. The Bertz CT molecular complexity index is 218. The third kappa shape index (κ3) is 5.52. The van der Waals surface area contributed by atoms with Crippen LogP contribution in [0, 0.1) is 0 Å². The molecule has 0 bridgehead atoms. The molecule has 0 radical (unpaired) electrons. The van der Waals surface area contributed by atoms with Gasteiger partial charge in [0.1, 0.15) is 6.61 Å². The lowest BCUT2D eigenvalue weighted by Crippen LogP contribution is -2.02. The molecule has 0 unspecified atom stereocenters. The molecule has 4 nitrogen and oxygen atoms in total. The zero-order valence-electron chi connectivity index (χ0n) is 6.84. The molecule has 0 amide bonds. The van der Waals surface area contributed by atoms with Crippen molar-refractivity contribution in [2.75, 3.05) is 18.9 Å². The highest BCUT2D eigenvalue weighted by Crippen LogP contribution is 2.07. The Morgan fingerprint density at radius 3 is 2.54 bits per heavy atom. The van der Waals surface area contributed by atoms with Crippen LogP contribution < -0.4 is 10.5 Å². The molecule has 3 N–H and O–H groups in total. The van der Waals surface area contributed by atoms with E-state index in [9.17, 15) is 0 Å². The molecular weight excluding hydrogens is 215 g/mol. The van der Waals surface area contributed by atoms with Crippen molar-refractivity contribution >= 4 is 30.5 Å². The molecule has 6 heteroatoms. The topological polar surface area (TPSA) is 68.4 Å². The first-order valence-corrected chi connectivity index (χ1v) is 3.28. The number of nitrogen functional groups attached to an aromatic ring is 1. The van der Waals surface area contributed by atoms with E-state index in [1.54, 1.807) is 12.1 Å². The first-order chi connectivity index (χ1) is 5.33. The van der Waals surface area contributed by atoms with Crippen molar-refractivity contribution in [1.29, 1.82) is 0 Å². The quantitative estimate of drug-likeness (QED) is 0.804. The van der Waals surface area contributed by atoms with E-state index in [1.165, 1.54) is 6.20 Å². The number of pyridine rings is 1. The average Bonchev–Trinajstić information content (AvgIpc) is 2.04. The molecule has 0 spiro atoms. The van der Waals surface area contributed by atoms with Crippen molar-refractivity contribution in [2.45, 2.75) is 0 Å².